The maximum Gasteiger partial charge on any atom is 0.147 e. The number of hydrogen-bond donors (Lipinski definition) is 1. The minimum Gasteiger partial charge on any atom is -0.396 e. The zero-order valence-corrected chi connectivity index (χ0v) is 12.6. The van der Waals surface area contributed by atoms with Crippen molar-refractivity contribution >= 4 is 17.3 Å². The second-order valence-electron chi connectivity index (χ2n) is 5.14. The van der Waals surface area contributed by atoms with E-state index in [2.05, 4.69) is 0 Å². The smallest absolute Gasteiger partial charge is 0.147 e. The lowest BCUT2D eigenvalue weighted by molar-refractivity contribution is 0.630. The van der Waals surface area contributed by atoms with Crippen molar-refractivity contribution in [3.63, 3.8) is 0 Å². The molecule has 0 aliphatic carbocycles. The largest absolute Gasteiger partial charge is 0.396 e. The Kier molecular flexibility index (Phi) is 4.12. The third kappa shape index (κ3) is 2.83. The van der Waals surface area contributed by atoms with Gasteiger partial charge in [-0.15, -0.1) is 0 Å². The highest BCUT2D eigenvalue weighted by atomic mass is 35.5. The summed E-state index contributed by atoms with van der Waals surface area (Å²) in [5, 5.41) is 0.346. The second-order valence-corrected chi connectivity index (χ2v) is 5.58. The summed E-state index contributed by atoms with van der Waals surface area (Å²) in [6.07, 6.45) is 0. The van der Waals surface area contributed by atoms with Crippen molar-refractivity contribution in [1.29, 1.82) is 0 Å². The van der Waals surface area contributed by atoms with Crippen molar-refractivity contribution in [2.45, 2.75) is 5.92 Å². The molecule has 0 aliphatic heterocycles. The fourth-order valence-corrected chi connectivity index (χ4v) is 2.90. The van der Waals surface area contributed by atoms with Gasteiger partial charge in [-0.05, 0) is 28.8 Å². The zero-order valence-electron chi connectivity index (χ0n) is 11.8. The molecule has 0 amide bonds. The van der Waals surface area contributed by atoms with Gasteiger partial charge in [0.05, 0.1) is 5.69 Å². The summed E-state index contributed by atoms with van der Waals surface area (Å²) < 4.78 is 14.0. The fourth-order valence-electron chi connectivity index (χ4n) is 2.69. The summed E-state index contributed by atoms with van der Waals surface area (Å²) in [6, 6.07) is 22.8. The van der Waals surface area contributed by atoms with Crippen LogP contribution in [0.4, 0.5) is 10.1 Å². The Bertz CT molecular complexity index is 733. The van der Waals surface area contributed by atoms with Gasteiger partial charge >= 0.3 is 0 Å². The Morgan fingerprint density at radius 1 is 0.818 bits per heavy atom. The molecular weight excluding hydrogens is 297 g/mol. The van der Waals surface area contributed by atoms with E-state index in [0.717, 1.165) is 11.1 Å². The van der Waals surface area contributed by atoms with Crippen molar-refractivity contribution < 1.29 is 4.39 Å². The van der Waals surface area contributed by atoms with Crippen LogP contribution in [0.3, 0.4) is 0 Å². The Morgan fingerprint density at radius 2 is 1.32 bits per heavy atom. The molecule has 3 heteroatoms. The van der Waals surface area contributed by atoms with Crippen molar-refractivity contribution in [1.82, 2.24) is 0 Å². The minimum absolute atomic E-state index is 0.141. The van der Waals surface area contributed by atoms with Gasteiger partial charge in [0.1, 0.15) is 5.82 Å². The summed E-state index contributed by atoms with van der Waals surface area (Å²) in [6.45, 7) is 0. The molecule has 3 rings (SSSR count). The minimum atomic E-state index is -0.487. The molecule has 0 spiro atoms. The average molecular weight is 312 g/mol. The van der Waals surface area contributed by atoms with Gasteiger partial charge in [-0.1, -0.05) is 72.3 Å². The normalized spacial score (nSPS) is 10.9. The van der Waals surface area contributed by atoms with Gasteiger partial charge in [0, 0.05) is 10.9 Å². The molecule has 0 saturated carbocycles. The maximum absolute atomic E-state index is 14.0. The Labute approximate surface area is 134 Å². The van der Waals surface area contributed by atoms with Crippen molar-refractivity contribution in [3.8, 4) is 0 Å². The zero-order chi connectivity index (χ0) is 15.5. The van der Waals surface area contributed by atoms with Crippen LogP contribution >= 0.6 is 11.6 Å². The molecule has 22 heavy (non-hydrogen) atoms. The van der Waals surface area contributed by atoms with Crippen LogP contribution < -0.4 is 5.73 Å². The van der Waals surface area contributed by atoms with E-state index in [1.54, 1.807) is 6.07 Å². The van der Waals surface area contributed by atoms with E-state index in [4.69, 9.17) is 17.3 Å². The molecule has 0 aliphatic rings. The molecule has 0 fully saturated rings. The van der Waals surface area contributed by atoms with Crippen LogP contribution in [0.25, 0.3) is 0 Å². The first-order valence-electron chi connectivity index (χ1n) is 7.01. The highest BCUT2D eigenvalue weighted by Crippen LogP contribution is 2.37. The Hall–Kier alpha value is -2.32. The first kappa shape index (κ1) is 14.6. The van der Waals surface area contributed by atoms with E-state index >= 15 is 0 Å². The van der Waals surface area contributed by atoms with E-state index < -0.39 is 5.82 Å². The molecule has 2 N–H and O–H groups in total. The Morgan fingerprint density at radius 3 is 1.82 bits per heavy atom. The van der Waals surface area contributed by atoms with E-state index in [-0.39, 0.29) is 11.6 Å². The molecule has 0 unspecified atom stereocenters. The lowest BCUT2D eigenvalue weighted by Gasteiger charge is -2.21. The predicted octanol–water partition coefficient (Wildman–Crippen LogP) is 5.24. The van der Waals surface area contributed by atoms with Gasteiger partial charge in [-0.3, -0.25) is 0 Å². The van der Waals surface area contributed by atoms with Gasteiger partial charge in [0.15, 0.2) is 0 Å². The summed E-state index contributed by atoms with van der Waals surface area (Å²) in [4.78, 5) is 0. The molecule has 0 heterocycles. The molecule has 0 radical (unpaired) electrons. The van der Waals surface area contributed by atoms with Crippen LogP contribution in [0.2, 0.25) is 5.02 Å². The quantitative estimate of drug-likeness (QED) is 0.519. The lowest BCUT2D eigenvalue weighted by atomic mass is 9.84. The van der Waals surface area contributed by atoms with Crippen LogP contribution in [0.5, 0.6) is 0 Å². The standard InChI is InChI=1S/C19H15ClFN/c20-15-11-16(19(22)17(21)12-15)18(13-7-3-1-4-8-13)14-9-5-2-6-10-14/h1-12,18H,22H2. The summed E-state index contributed by atoms with van der Waals surface area (Å²) in [5.74, 6) is -0.644. The van der Waals surface area contributed by atoms with Crippen molar-refractivity contribution in [3.05, 3.63) is 100 Å². The van der Waals surface area contributed by atoms with E-state index in [1.807, 2.05) is 60.7 Å². The third-order valence-electron chi connectivity index (χ3n) is 3.70. The van der Waals surface area contributed by atoms with Gasteiger partial charge in [0.25, 0.3) is 0 Å². The van der Waals surface area contributed by atoms with E-state index in [1.165, 1.54) is 6.07 Å². The summed E-state index contributed by atoms with van der Waals surface area (Å²) in [5.41, 5.74) is 8.90. The highest BCUT2D eigenvalue weighted by Gasteiger charge is 2.21. The lowest BCUT2D eigenvalue weighted by Crippen LogP contribution is -2.08. The summed E-state index contributed by atoms with van der Waals surface area (Å²) >= 11 is 6.05. The number of hydrogen-bond acceptors (Lipinski definition) is 1. The van der Waals surface area contributed by atoms with E-state index in [9.17, 15) is 4.39 Å². The van der Waals surface area contributed by atoms with Crippen molar-refractivity contribution in [2.75, 3.05) is 5.73 Å². The SMILES string of the molecule is Nc1c(F)cc(Cl)cc1C(c1ccccc1)c1ccccc1. The molecule has 0 atom stereocenters. The molecule has 110 valence electrons. The average Bonchev–Trinajstić information content (AvgIpc) is 2.54. The van der Waals surface area contributed by atoms with Gasteiger partial charge in [0.2, 0.25) is 0 Å². The van der Waals surface area contributed by atoms with Gasteiger partial charge in [-0.2, -0.15) is 0 Å². The van der Waals surface area contributed by atoms with Crippen LogP contribution in [-0.4, -0.2) is 0 Å². The first-order valence-corrected chi connectivity index (χ1v) is 7.39. The molecule has 0 saturated heterocycles. The maximum atomic E-state index is 14.0. The molecule has 0 bridgehead atoms. The topological polar surface area (TPSA) is 26.0 Å². The second kappa shape index (κ2) is 6.20. The molecule has 0 aromatic heterocycles. The summed E-state index contributed by atoms with van der Waals surface area (Å²) in [7, 11) is 0. The molecule has 1 nitrogen and oxygen atoms in total. The first-order chi connectivity index (χ1) is 10.7. The number of nitrogens with two attached hydrogens (primary N) is 1. The van der Waals surface area contributed by atoms with Gasteiger partial charge < -0.3 is 5.73 Å². The number of anilines is 1. The van der Waals surface area contributed by atoms with Crippen molar-refractivity contribution in [2.24, 2.45) is 0 Å². The molecular formula is C19H15ClFN. The Balaban J connectivity index is 2.23. The number of halogens is 2. The van der Waals surface area contributed by atoms with Crippen LogP contribution in [-0.2, 0) is 0 Å². The fraction of sp³-hybridized carbons (Fsp3) is 0.0526. The number of rotatable bonds is 3. The van der Waals surface area contributed by atoms with Gasteiger partial charge in [-0.25, -0.2) is 4.39 Å². The van der Waals surface area contributed by atoms with Crippen LogP contribution in [0.15, 0.2) is 72.8 Å². The third-order valence-corrected chi connectivity index (χ3v) is 3.92. The highest BCUT2D eigenvalue weighted by molar-refractivity contribution is 6.30. The monoisotopic (exact) mass is 311 g/mol. The molecule has 3 aromatic carbocycles. The molecule has 3 aromatic rings. The van der Waals surface area contributed by atoms with Crippen LogP contribution in [0, 0.1) is 5.82 Å². The number of nitrogen functional groups attached to an aromatic ring is 1. The van der Waals surface area contributed by atoms with Crippen LogP contribution in [0.1, 0.15) is 22.6 Å². The predicted molar refractivity (Wildman–Crippen MR) is 89.7 cm³/mol. The number of benzene rings is 3. The van der Waals surface area contributed by atoms with E-state index in [0.29, 0.717) is 10.6 Å².